The van der Waals surface area contributed by atoms with Crippen LogP contribution in [0.5, 0.6) is 0 Å². The van der Waals surface area contributed by atoms with Gasteiger partial charge in [0, 0.05) is 17.1 Å². The maximum absolute atomic E-state index is 12.3. The third kappa shape index (κ3) is 4.11. The van der Waals surface area contributed by atoms with E-state index in [0.29, 0.717) is 59.1 Å². The number of hydrogen-bond acceptors (Lipinski definition) is 7. The molecular weight excluding hydrogens is 544 g/mol. The van der Waals surface area contributed by atoms with Gasteiger partial charge in [-0.1, -0.05) is 17.7 Å². The fraction of sp³-hybridized carbons (Fsp3) is 0.348. The van der Waals surface area contributed by atoms with Gasteiger partial charge in [-0.05, 0) is 71.1 Å². The summed E-state index contributed by atoms with van der Waals surface area (Å²) in [5.41, 5.74) is 4.08. The number of hydrogen-bond donors (Lipinski definition) is 1. The number of aromatic nitrogens is 1. The Bertz CT molecular complexity index is 1480. The van der Waals surface area contributed by atoms with E-state index < -0.39 is 21.8 Å². The van der Waals surface area contributed by atoms with E-state index in [1.54, 1.807) is 0 Å². The number of sulfonamides is 1. The molecule has 1 amide bonds. The molecule has 11 heteroatoms. The Morgan fingerprint density at radius 3 is 2.91 bits per heavy atom. The second-order valence-electron chi connectivity index (χ2n) is 8.67. The van der Waals surface area contributed by atoms with Gasteiger partial charge in [-0.3, -0.25) is 14.4 Å². The van der Waals surface area contributed by atoms with Crippen molar-refractivity contribution in [2.24, 2.45) is 5.92 Å². The van der Waals surface area contributed by atoms with Crippen molar-refractivity contribution < 1.29 is 17.6 Å². The number of nitriles is 1. The number of carbonyl (C=O) groups excluding carboxylic acids is 1. The van der Waals surface area contributed by atoms with Crippen molar-refractivity contribution in [3.8, 4) is 17.5 Å². The standard InChI is InChI=1S/C23H20BrClN4O4S/c1-34(31,32)28-22(30)12-7-8-29(11-12)19-6-5-13-15(19)9-18-21(16(13)10-26)33-23(27-18)14-3-2-4-17(24)20(14)25/h2-4,9,12,19H,5-8,11H2,1H3,(H,28,30)/t12-,19-/m1/s1. The molecule has 0 unspecified atom stereocenters. The van der Waals surface area contributed by atoms with E-state index >= 15 is 0 Å². The van der Waals surface area contributed by atoms with Crippen LogP contribution in [0, 0.1) is 17.2 Å². The molecule has 0 radical (unpaired) electrons. The normalized spacial score (nSPS) is 20.4. The van der Waals surface area contributed by atoms with E-state index in [2.05, 4.69) is 36.6 Å². The minimum Gasteiger partial charge on any atom is -0.435 e. The molecule has 1 aromatic heterocycles. The maximum Gasteiger partial charge on any atom is 0.237 e. The number of nitrogens with one attached hydrogen (secondary N) is 1. The van der Waals surface area contributed by atoms with E-state index in [1.807, 2.05) is 24.3 Å². The Morgan fingerprint density at radius 1 is 1.38 bits per heavy atom. The van der Waals surface area contributed by atoms with Gasteiger partial charge in [-0.25, -0.2) is 13.4 Å². The van der Waals surface area contributed by atoms with Crippen molar-refractivity contribution in [2.75, 3.05) is 19.3 Å². The number of oxazole rings is 1. The summed E-state index contributed by atoms with van der Waals surface area (Å²) >= 11 is 9.84. The molecule has 1 aliphatic heterocycles. The molecule has 0 spiro atoms. The second kappa shape index (κ2) is 8.64. The summed E-state index contributed by atoms with van der Waals surface area (Å²) in [4.78, 5) is 19.2. The topological polar surface area (TPSA) is 116 Å². The summed E-state index contributed by atoms with van der Waals surface area (Å²) in [6.07, 6.45) is 3.08. The lowest BCUT2D eigenvalue weighted by molar-refractivity contribution is -0.122. The Balaban J connectivity index is 1.49. The maximum atomic E-state index is 12.3. The van der Waals surface area contributed by atoms with Gasteiger partial charge >= 0.3 is 0 Å². The number of rotatable bonds is 4. The van der Waals surface area contributed by atoms with Gasteiger partial charge in [-0.2, -0.15) is 5.26 Å². The average Bonchev–Trinajstić information content (AvgIpc) is 3.50. The minimum atomic E-state index is -3.59. The van der Waals surface area contributed by atoms with Crippen LogP contribution >= 0.6 is 27.5 Å². The highest BCUT2D eigenvalue weighted by molar-refractivity contribution is 9.10. The van der Waals surface area contributed by atoms with Crippen LogP contribution in [0.25, 0.3) is 22.6 Å². The zero-order valence-corrected chi connectivity index (χ0v) is 21.3. The summed E-state index contributed by atoms with van der Waals surface area (Å²) in [5.74, 6) is -0.518. The van der Waals surface area contributed by atoms with Gasteiger partial charge in [0.1, 0.15) is 17.1 Å². The van der Waals surface area contributed by atoms with Gasteiger partial charge < -0.3 is 4.42 Å². The number of carbonyl (C=O) groups is 1. The van der Waals surface area contributed by atoms with Gasteiger partial charge in [0.25, 0.3) is 0 Å². The molecule has 2 aliphatic rings. The van der Waals surface area contributed by atoms with Crippen molar-refractivity contribution in [1.82, 2.24) is 14.6 Å². The second-order valence-corrected chi connectivity index (χ2v) is 11.7. The molecule has 2 aromatic carbocycles. The number of nitrogens with zero attached hydrogens (tertiary/aromatic N) is 3. The molecule has 5 rings (SSSR count). The Hall–Kier alpha value is -2.45. The molecule has 1 fully saturated rings. The summed E-state index contributed by atoms with van der Waals surface area (Å²) < 4.78 is 31.7. The van der Waals surface area contributed by atoms with Crippen molar-refractivity contribution in [2.45, 2.75) is 25.3 Å². The Morgan fingerprint density at radius 2 is 2.18 bits per heavy atom. The third-order valence-electron chi connectivity index (χ3n) is 6.46. The van der Waals surface area contributed by atoms with E-state index in [0.717, 1.165) is 28.3 Å². The predicted octanol–water partition coefficient (Wildman–Crippen LogP) is 4.17. The SMILES string of the molecule is CS(=O)(=O)NC(=O)[C@@H]1CCN([C@@H]2CCc3c2cc2nc(-c4cccc(Br)c4Cl)oc2c3C#N)C1. The molecule has 34 heavy (non-hydrogen) atoms. The molecule has 3 aromatic rings. The fourth-order valence-electron chi connectivity index (χ4n) is 4.96. The zero-order valence-electron chi connectivity index (χ0n) is 18.1. The van der Waals surface area contributed by atoms with Gasteiger partial charge in [0.05, 0.1) is 22.8 Å². The van der Waals surface area contributed by atoms with Crippen LogP contribution in [0.4, 0.5) is 0 Å². The lowest BCUT2D eigenvalue weighted by Gasteiger charge is -2.24. The first-order valence-corrected chi connectivity index (χ1v) is 13.8. The van der Waals surface area contributed by atoms with Crippen molar-refractivity contribution in [1.29, 1.82) is 5.26 Å². The lowest BCUT2D eigenvalue weighted by atomic mass is 10.0. The third-order valence-corrected chi connectivity index (χ3v) is 8.33. The van der Waals surface area contributed by atoms with Crippen LogP contribution in [0.3, 0.4) is 0 Å². The van der Waals surface area contributed by atoms with Gasteiger partial charge in [0.2, 0.25) is 21.8 Å². The highest BCUT2D eigenvalue weighted by atomic mass is 79.9. The van der Waals surface area contributed by atoms with Gasteiger partial charge in [0.15, 0.2) is 5.58 Å². The van der Waals surface area contributed by atoms with E-state index in [1.165, 1.54) is 0 Å². The van der Waals surface area contributed by atoms with Crippen LogP contribution in [0.2, 0.25) is 5.02 Å². The quantitative estimate of drug-likeness (QED) is 0.506. The first kappa shape index (κ1) is 23.3. The summed E-state index contributed by atoms with van der Waals surface area (Å²) in [5, 5.41) is 10.4. The highest BCUT2D eigenvalue weighted by Gasteiger charge is 2.38. The molecule has 1 saturated heterocycles. The molecule has 2 heterocycles. The summed E-state index contributed by atoms with van der Waals surface area (Å²) in [6.45, 7) is 1.13. The predicted molar refractivity (Wildman–Crippen MR) is 131 cm³/mol. The molecule has 8 nitrogen and oxygen atoms in total. The minimum absolute atomic E-state index is 0.0251. The summed E-state index contributed by atoms with van der Waals surface area (Å²) in [6, 6.07) is 9.77. The van der Waals surface area contributed by atoms with Crippen LogP contribution in [0.1, 0.15) is 35.6 Å². The van der Waals surface area contributed by atoms with Crippen LogP contribution in [0.15, 0.2) is 33.2 Å². The summed E-state index contributed by atoms with van der Waals surface area (Å²) in [7, 11) is -3.59. The lowest BCUT2D eigenvalue weighted by Crippen LogP contribution is -2.36. The zero-order chi connectivity index (χ0) is 24.2. The molecule has 0 saturated carbocycles. The van der Waals surface area contributed by atoms with E-state index in [-0.39, 0.29) is 6.04 Å². The van der Waals surface area contributed by atoms with Crippen molar-refractivity contribution in [3.63, 3.8) is 0 Å². The largest absolute Gasteiger partial charge is 0.435 e. The van der Waals surface area contributed by atoms with Gasteiger partial charge in [-0.15, -0.1) is 0 Å². The fourth-order valence-corrected chi connectivity index (χ4v) is 6.07. The Kier molecular flexibility index (Phi) is 5.92. The number of benzene rings is 2. The Labute approximate surface area is 210 Å². The van der Waals surface area contributed by atoms with Crippen LogP contribution in [-0.4, -0.2) is 43.6 Å². The monoisotopic (exact) mass is 562 g/mol. The molecule has 2 atom stereocenters. The number of likely N-dealkylation sites (tertiary alicyclic amines) is 1. The molecule has 0 bridgehead atoms. The number of amides is 1. The molecule has 1 aliphatic carbocycles. The van der Waals surface area contributed by atoms with Crippen LogP contribution < -0.4 is 4.72 Å². The highest BCUT2D eigenvalue weighted by Crippen LogP contribution is 2.43. The first-order valence-electron chi connectivity index (χ1n) is 10.7. The van der Waals surface area contributed by atoms with E-state index in [4.69, 9.17) is 16.0 Å². The molecule has 1 N–H and O–H groups in total. The first-order chi connectivity index (χ1) is 16.2. The van der Waals surface area contributed by atoms with Crippen molar-refractivity contribution in [3.05, 3.63) is 50.5 Å². The average molecular weight is 564 g/mol. The van der Waals surface area contributed by atoms with Crippen LogP contribution in [-0.2, 0) is 21.2 Å². The molecule has 176 valence electrons. The smallest absolute Gasteiger partial charge is 0.237 e. The number of halogens is 2. The van der Waals surface area contributed by atoms with Crippen molar-refractivity contribution >= 4 is 54.6 Å². The number of fused-ring (bicyclic) bond motifs is 2. The molecular formula is C23H20BrClN4O4S. The van der Waals surface area contributed by atoms with E-state index in [9.17, 15) is 18.5 Å².